The number of nitrogens with zero attached hydrogens (tertiary/aromatic N) is 1. The van der Waals surface area contributed by atoms with Crippen molar-refractivity contribution in [3.8, 4) is 0 Å². The third-order valence-electron chi connectivity index (χ3n) is 4.00. The molecule has 0 aromatic heterocycles. The Hall–Kier alpha value is -1.26. The van der Waals surface area contributed by atoms with Crippen molar-refractivity contribution in [3.63, 3.8) is 0 Å². The molecule has 1 fully saturated rings. The fraction of sp³-hybridized carbons (Fsp3) is 0.533. The van der Waals surface area contributed by atoms with E-state index >= 15 is 0 Å². The van der Waals surface area contributed by atoms with Gasteiger partial charge in [0.2, 0.25) is 0 Å². The predicted octanol–water partition coefficient (Wildman–Crippen LogP) is 3.08. The van der Waals surface area contributed by atoms with Crippen LogP contribution in [0.3, 0.4) is 0 Å². The minimum absolute atomic E-state index is 0.600. The van der Waals surface area contributed by atoms with Gasteiger partial charge in [-0.2, -0.15) is 0 Å². The Labute approximate surface area is 124 Å². The van der Waals surface area contributed by atoms with Crippen molar-refractivity contribution in [2.75, 3.05) is 25.0 Å². The van der Waals surface area contributed by atoms with Crippen LogP contribution in [0.25, 0.3) is 0 Å². The Morgan fingerprint density at radius 2 is 2.25 bits per heavy atom. The average Bonchev–Trinajstić information content (AvgIpc) is 2.62. The zero-order valence-electron chi connectivity index (χ0n) is 11.7. The molecule has 1 unspecified atom stereocenters. The van der Waals surface area contributed by atoms with Crippen molar-refractivity contribution in [3.05, 3.63) is 29.3 Å². The molecule has 5 heteroatoms. The fourth-order valence-electron chi connectivity index (χ4n) is 2.74. The number of halogens is 1. The number of anilines is 1. The maximum Gasteiger partial charge on any atom is 0.329 e. The first kappa shape index (κ1) is 15.1. The van der Waals surface area contributed by atoms with Crippen molar-refractivity contribution in [2.24, 2.45) is 0 Å². The van der Waals surface area contributed by atoms with Gasteiger partial charge in [-0.25, -0.2) is 4.79 Å². The van der Waals surface area contributed by atoms with E-state index in [0.717, 1.165) is 31.7 Å². The van der Waals surface area contributed by atoms with Crippen LogP contribution in [0, 0.1) is 0 Å². The summed E-state index contributed by atoms with van der Waals surface area (Å²) in [7, 11) is 0. The first-order chi connectivity index (χ1) is 9.55. The van der Waals surface area contributed by atoms with Gasteiger partial charge in [0, 0.05) is 17.3 Å². The van der Waals surface area contributed by atoms with Crippen LogP contribution in [0.2, 0.25) is 5.02 Å². The third kappa shape index (κ3) is 3.44. The highest BCUT2D eigenvalue weighted by Crippen LogP contribution is 2.28. The van der Waals surface area contributed by atoms with Gasteiger partial charge in [0.1, 0.15) is 5.54 Å². The molecule has 0 bridgehead atoms. The molecule has 2 rings (SSSR count). The third-order valence-corrected chi connectivity index (χ3v) is 4.23. The van der Waals surface area contributed by atoms with Gasteiger partial charge < -0.3 is 15.3 Å². The molecule has 1 saturated heterocycles. The van der Waals surface area contributed by atoms with Crippen molar-refractivity contribution in [2.45, 2.75) is 31.7 Å². The number of likely N-dealkylation sites (tertiary alicyclic amines) is 1. The van der Waals surface area contributed by atoms with Crippen LogP contribution in [0.5, 0.6) is 0 Å². The molecule has 0 aliphatic carbocycles. The van der Waals surface area contributed by atoms with Crippen molar-refractivity contribution >= 4 is 23.3 Å². The lowest BCUT2D eigenvalue weighted by Crippen LogP contribution is -2.47. The first-order valence-corrected chi connectivity index (χ1v) is 7.43. The lowest BCUT2D eigenvalue weighted by molar-refractivity contribution is -0.142. The van der Waals surface area contributed by atoms with E-state index in [1.54, 1.807) is 12.1 Å². The largest absolute Gasteiger partial charge is 0.480 e. The van der Waals surface area contributed by atoms with Crippen LogP contribution in [0.4, 0.5) is 5.69 Å². The van der Waals surface area contributed by atoms with Crippen molar-refractivity contribution < 1.29 is 9.90 Å². The van der Waals surface area contributed by atoms with E-state index < -0.39 is 11.5 Å². The normalized spacial score (nSPS) is 24.1. The summed E-state index contributed by atoms with van der Waals surface area (Å²) in [4.78, 5) is 14.1. The summed E-state index contributed by atoms with van der Waals surface area (Å²) in [5.74, 6) is -0.782. The zero-order chi connectivity index (χ0) is 14.6. The topological polar surface area (TPSA) is 52.6 Å². The van der Waals surface area contributed by atoms with Crippen molar-refractivity contribution in [1.82, 2.24) is 4.90 Å². The highest BCUT2D eigenvalue weighted by atomic mass is 35.5. The van der Waals surface area contributed by atoms with E-state index in [4.69, 9.17) is 11.6 Å². The summed E-state index contributed by atoms with van der Waals surface area (Å²) in [5, 5.41) is 13.5. The average molecular weight is 297 g/mol. The maximum absolute atomic E-state index is 11.8. The van der Waals surface area contributed by atoms with E-state index in [1.807, 2.05) is 12.1 Å². The molecular weight excluding hydrogens is 276 g/mol. The van der Waals surface area contributed by atoms with E-state index in [2.05, 4.69) is 17.1 Å². The molecule has 2 N–H and O–H groups in total. The van der Waals surface area contributed by atoms with Gasteiger partial charge in [-0.05, 0) is 50.6 Å². The lowest BCUT2D eigenvalue weighted by Gasteiger charge is -2.30. The molecule has 1 atom stereocenters. The van der Waals surface area contributed by atoms with Gasteiger partial charge >= 0.3 is 5.97 Å². The summed E-state index contributed by atoms with van der Waals surface area (Å²) in [6, 6.07) is 7.25. The molecule has 1 heterocycles. The van der Waals surface area contributed by atoms with Crippen LogP contribution in [-0.2, 0) is 4.79 Å². The Bertz CT molecular complexity index is 481. The number of carbonyl (C=O) groups is 1. The molecule has 1 aliphatic heterocycles. The molecule has 1 aromatic carbocycles. The lowest BCUT2D eigenvalue weighted by atomic mass is 9.90. The van der Waals surface area contributed by atoms with Gasteiger partial charge in [0.05, 0.1) is 0 Å². The molecule has 0 saturated carbocycles. The second kappa shape index (κ2) is 6.46. The molecule has 4 nitrogen and oxygen atoms in total. The Balaban J connectivity index is 2.19. The quantitative estimate of drug-likeness (QED) is 0.896. The minimum Gasteiger partial charge on any atom is -0.480 e. The molecule has 0 radical (unpaired) electrons. The predicted molar refractivity (Wildman–Crippen MR) is 81.4 cm³/mol. The van der Waals surface area contributed by atoms with E-state index in [1.165, 1.54) is 0 Å². The number of benzene rings is 1. The molecule has 0 spiro atoms. The Kier molecular flexibility index (Phi) is 4.89. The van der Waals surface area contributed by atoms with Crippen LogP contribution in [0.1, 0.15) is 26.2 Å². The summed E-state index contributed by atoms with van der Waals surface area (Å²) in [5.41, 5.74) is -0.126. The van der Waals surface area contributed by atoms with Gasteiger partial charge in [0.25, 0.3) is 0 Å². The Morgan fingerprint density at radius 1 is 1.45 bits per heavy atom. The second-order valence-electron chi connectivity index (χ2n) is 5.31. The summed E-state index contributed by atoms with van der Waals surface area (Å²) >= 11 is 5.97. The van der Waals surface area contributed by atoms with Crippen LogP contribution in [0.15, 0.2) is 24.3 Å². The number of aliphatic carboxylic acids is 1. The highest BCUT2D eigenvalue weighted by molar-refractivity contribution is 6.30. The maximum atomic E-state index is 11.8. The number of hydrogen-bond acceptors (Lipinski definition) is 3. The number of hydrogen-bond donors (Lipinski definition) is 2. The van der Waals surface area contributed by atoms with Gasteiger partial charge in [-0.3, -0.25) is 0 Å². The van der Waals surface area contributed by atoms with Crippen LogP contribution < -0.4 is 5.32 Å². The smallest absolute Gasteiger partial charge is 0.329 e. The molecule has 0 amide bonds. The first-order valence-electron chi connectivity index (χ1n) is 7.05. The Morgan fingerprint density at radius 3 is 2.90 bits per heavy atom. The number of carboxylic acids is 1. The monoisotopic (exact) mass is 296 g/mol. The molecule has 1 aromatic rings. The number of rotatable bonds is 4. The van der Waals surface area contributed by atoms with Gasteiger partial charge in [-0.1, -0.05) is 24.6 Å². The fourth-order valence-corrected chi connectivity index (χ4v) is 2.93. The standard InChI is InChI=1S/C15H21ClN2O2/c1-2-18-9-4-7-15(8-10-18,14(19)20)17-13-6-3-5-12(16)11-13/h3,5-6,11,17H,2,4,7-10H2,1H3,(H,19,20). The molecule has 110 valence electrons. The van der Waals surface area contributed by atoms with E-state index in [0.29, 0.717) is 17.9 Å². The number of nitrogens with one attached hydrogen (secondary N) is 1. The number of carboxylic acid groups (broad SMARTS) is 1. The summed E-state index contributed by atoms with van der Waals surface area (Å²) < 4.78 is 0. The summed E-state index contributed by atoms with van der Waals surface area (Å²) in [6.45, 7) is 4.84. The van der Waals surface area contributed by atoms with E-state index in [-0.39, 0.29) is 0 Å². The van der Waals surface area contributed by atoms with Crippen LogP contribution in [-0.4, -0.2) is 41.1 Å². The van der Waals surface area contributed by atoms with Gasteiger partial charge in [0.15, 0.2) is 0 Å². The molecular formula is C15H21ClN2O2. The zero-order valence-corrected chi connectivity index (χ0v) is 12.5. The molecule has 1 aliphatic rings. The van der Waals surface area contributed by atoms with Crippen molar-refractivity contribution in [1.29, 1.82) is 0 Å². The van der Waals surface area contributed by atoms with E-state index in [9.17, 15) is 9.90 Å². The summed E-state index contributed by atoms with van der Waals surface area (Å²) in [6.07, 6.45) is 2.11. The SMILES string of the molecule is CCN1CCCC(Nc2cccc(Cl)c2)(C(=O)O)CC1. The highest BCUT2D eigenvalue weighted by Gasteiger charge is 2.39. The van der Waals surface area contributed by atoms with Gasteiger partial charge in [-0.15, -0.1) is 0 Å². The second-order valence-corrected chi connectivity index (χ2v) is 5.75. The van der Waals surface area contributed by atoms with Crippen LogP contribution >= 0.6 is 11.6 Å². The molecule has 20 heavy (non-hydrogen) atoms. The minimum atomic E-state index is -0.894.